The second-order valence-corrected chi connectivity index (χ2v) is 11.7. The topological polar surface area (TPSA) is 76.4 Å². The molecule has 0 radical (unpaired) electrons. The molecule has 40 heavy (non-hydrogen) atoms. The lowest BCUT2D eigenvalue weighted by molar-refractivity contribution is -0.0477. The maximum absolute atomic E-state index is 13.0. The number of carbonyl (C=O) groups is 1. The smallest absolute Gasteiger partial charge is 0.272 e. The molecule has 1 saturated heterocycles. The van der Waals surface area contributed by atoms with Crippen molar-refractivity contribution in [2.24, 2.45) is 11.8 Å². The average molecular weight is 559 g/mol. The summed E-state index contributed by atoms with van der Waals surface area (Å²) in [6.45, 7) is 3.67. The van der Waals surface area contributed by atoms with Gasteiger partial charge < -0.3 is 9.64 Å². The second kappa shape index (κ2) is 11.2. The Bertz CT molecular complexity index is 1500. The summed E-state index contributed by atoms with van der Waals surface area (Å²) < 4.78 is 8.71. The molecule has 0 bridgehead atoms. The normalized spacial score (nSPS) is 23.4. The van der Waals surface area contributed by atoms with Gasteiger partial charge in [-0.2, -0.15) is 0 Å². The summed E-state index contributed by atoms with van der Waals surface area (Å²) in [7, 11) is 3.44. The minimum atomic E-state index is -0.187. The van der Waals surface area contributed by atoms with E-state index in [-0.39, 0.29) is 18.1 Å². The Morgan fingerprint density at radius 1 is 1.07 bits per heavy atom. The number of pyridine rings is 2. The van der Waals surface area contributed by atoms with Gasteiger partial charge in [0.25, 0.3) is 5.91 Å². The van der Waals surface area contributed by atoms with Crippen LogP contribution in [0.5, 0.6) is 0 Å². The Morgan fingerprint density at radius 3 is 2.58 bits per heavy atom. The van der Waals surface area contributed by atoms with Crippen molar-refractivity contribution < 1.29 is 9.53 Å². The van der Waals surface area contributed by atoms with E-state index in [1.165, 1.54) is 36.1 Å². The highest BCUT2D eigenvalue weighted by Gasteiger charge is 2.40. The van der Waals surface area contributed by atoms with Gasteiger partial charge in [-0.1, -0.05) is 61.7 Å². The van der Waals surface area contributed by atoms with Gasteiger partial charge in [0.05, 0.1) is 35.8 Å². The fraction of sp³-hybridized carbons (Fsp3) is 0.419. The van der Waals surface area contributed by atoms with Crippen molar-refractivity contribution in [3.63, 3.8) is 0 Å². The number of rotatable bonds is 5. The summed E-state index contributed by atoms with van der Waals surface area (Å²) in [5.74, 6) is 1.06. The predicted octanol–water partition coefficient (Wildman–Crippen LogP) is 5.75. The second-order valence-electron chi connectivity index (χ2n) is 11.3. The number of hydrogen-bond donors (Lipinski definition) is 0. The van der Waals surface area contributed by atoms with Crippen LogP contribution in [0.3, 0.4) is 0 Å². The van der Waals surface area contributed by atoms with Gasteiger partial charge in [0.2, 0.25) is 0 Å². The molecule has 8 nitrogen and oxygen atoms in total. The third kappa shape index (κ3) is 5.06. The molecule has 1 saturated carbocycles. The van der Waals surface area contributed by atoms with E-state index in [4.69, 9.17) is 26.3 Å². The van der Waals surface area contributed by atoms with Crippen molar-refractivity contribution in [1.82, 2.24) is 24.5 Å². The summed E-state index contributed by atoms with van der Waals surface area (Å²) in [6, 6.07) is 14.2. The number of imidazole rings is 1. The molecule has 4 aromatic rings. The number of ether oxygens (including phenoxy) is 1. The lowest BCUT2D eigenvalue weighted by Crippen LogP contribution is -2.53. The molecule has 2 unspecified atom stereocenters. The first-order valence-corrected chi connectivity index (χ1v) is 14.4. The van der Waals surface area contributed by atoms with Crippen molar-refractivity contribution in [2.75, 3.05) is 32.3 Å². The molecule has 4 heterocycles. The van der Waals surface area contributed by atoms with Crippen LogP contribution in [0.25, 0.3) is 22.3 Å². The van der Waals surface area contributed by atoms with Crippen LogP contribution >= 0.6 is 11.6 Å². The predicted molar refractivity (Wildman–Crippen MR) is 157 cm³/mol. The van der Waals surface area contributed by atoms with E-state index in [0.717, 1.165) is 17.0 Å². The van der Waals surface area contributed by atoms with Crippen LogP contribution in [0.2, 0.25) is 5.02 Å². The molecule has 1 aliphatic carbocycles. The largest absolute Gasteiger partial charge is 0.373 e. The Kier molecular flexibility index (Phi) is 7.47. The van der Waals surface area contributed by atoms with E-state index < -0.39 is 0 Å². The third-order valence-electron chi connectivity index (χ3n) is 8.32. The van der Waals surface area contributed by atoms with Crippen LogP contribution in [-0.4, -0.2) is 63.8 Å². The highest BCUT2D eigenvalue weighted by atomic mass is 35.5. The van der Waals surface area contributed by atoms with Gasteiger partial charge in [-0.3, -0.25) is 14.8 Å². The monoisotopic (exact) mass is 558 g/mol. The molecule has 0 spiro atoms. The first-order chi connectivity index (χ1) is 19.4. The van der Waals surface area contributed by atoms with E-state index in [2.05, 4.69) is 51.9 Å². The van der Waals surface area contributed by atoms with E-state index in [1.807, 2.05) is 12.4 Å². The molecule has 6 rings (SSSR count). The van der Waals surface area contributed by atoms with Gasteiger partial charge in [0, 0.05) is 32.1 Å². The molecule has 208 valence electrons. The number of aromatic nitrogens is 4. The number of hydrogen-bond acceptors (Lipinski definition) is 6. The van der Waals surface area contributed by atoms with Crippen molar-refractivity contribution in [3.05, 3.63) is 77.5 Å². The Morgan fingerprint density at radius 2 is 1.85 bits per heavy atom. The van der Waals surface area contributed by atoms with Crippen molar-refractivity contribution in [2.45, 2.75) is 44.8 Å². The molecule has 3 aromatic heterocycles. The highest BCUT2D eigenvalue weighted by molar-refractivity contribution is 6.30. The average Bonchev–Trinajstić information content (AvgIpc) is 3.40. The molecule has 9 heteroatoms. The van der Waals surface area contributed by atoms with E-state index in [1.54, 1.807) is 32.6 Å². The van der Waals surface area contributed by atoms with Gasteiger partial charge >= 0.3 is 0 Å². The Balaban J connectivity index is 1.51. The summed E-state index contributed by atoms with van der Waals surface area (Å²) in [5, 5.41) is 2.87. The summed E-state index contributed by atoms with van der Waals surface area (Å²) in [5.41, 5.74) is 4.40. The lowest BCUT2D eigenvalue weighted by atomic mass is 9.77. The van der Waals surface area contributed by atoms with E-state index >= 15 is 0 Å². The van der Waals surface area contributed by atoms with Gasteiger partial charge in [0.1, 0.15) is 23.2 Å². The quantitative estimate of drug-likeness (QED) is 0.310. The van der Waals surface area contributed by atoms with Crippen LogP contribution in [0.4, 0.5) is 0 Å². The maximum Gasteiger partial charge on any atom is 0.272 e. The summed E-state index contributed by atoms with van der Waals surface area (Å²) in [6.07, 6.45) is 10.0. The van der Waals surface area contributed by atoms with Crippen molar-refractivity contribution >= 4 is 28.5 Å². The highest BCUT2D eigenvalue weighted by Crippen LogP contribution is 2.41. The van der Waals surface area contributed by atoms with Crippen LogP contribution in [-0.2, 0) is 4.74 Å². The SMILES string of the molecule is CC1CCC(C2OCCN(n3cnc4cc(C(=O)N(C)C)nc(-c5cncc(Cl)c5)c43)C2c2ccccc2)CC1. The number of nitrogens with zero attached hydrogens (tertiary/aromatic N) is 6. The first-order valence-electron chi connectivity index (χ1n) is 14.0. The standard InChI is InChI=1S/C31H35ClN6O2/c1-20-9-11-22(12-10-20)30-28(21-7-5-4-6-8-21)37(13-14-40-30)38-19-34-25-16-26(31(39)36(2)3)35-27(29(25)38)23-15-24(32)18-33-17-23/h4-8,15-20,22,28,30H,9-14H2,1-3H3. The molecule has 1 aromatic carbocycles. The molecule has 1 amide bonds. The minimum Gasteiger partial charge on any atom is -0.373 e. The van der Waals surface area contributed by atoms with E-state index in [9.17, 15) is 4.79 Å². The molecular weight excluding hydrogens is 524 g/mol. The summed E-state index contributed by atoms with van der Waals surface area (Å²) >= 11 is 6.36. The number of fused-ring (bicyclic) bond motifs is 1. The van der Waals surface area contributed by atoms with E-state index in [0.29, 0.717) is 41.0 Å². The molecule has 2 aliphatic rings. The maximum atomic E-state index is 13.0. The molecule has 0 N–H and O–H groups in total. The molecular formula is C31H35ClN6O2. The van der Waals surface area contributed by atoms with Crippen LogP contribution in [0.1, 0.15) is 54.7 Å². The number of halogens is 1. The zero-order valence-corrected chi connectivity index (χ0v) is 24.0. The number of morpholine rings is 1. The number of carbonyl (C=O) groups excluding carboxylic acids is 1. The first kappa shape index (κ1) is 26.7. The van der Waals surface area contributed by atoms with Gasteiger partial charge in [-0.15, -0.1) is 0 Å². The molecule has 2 atom stereocenters. The Hall–Kier alpha value is -3.49. The van der Waals surface area contributed by atoms with Crippen molar-refractivity contribution in [3.8, 4) is 11.3 Å². The third-order valence-corrected chi connectivity index (χ3v) is 8.52. The molecule has 2 fully saturated rings. The summed E-state index contributed by atoms with van der Waals surface area (Å²) in [4.78, 5) is 28.5. The van der Waals surface area contributed by atoms with Crippen LogP contribution < -0.4 is 5.01 Å². The fourth-order valence-electron chi connectivity index (χ4n) is 6.24. The zero-order chi connectivity index (χ0) is 27.8. The fourth-order valence-corrected chi connectivity index (χ4v) is 6.42. The zero-order valence-electron chi connectivity index (χ0n) is 23.2. The molecule has 1 aliphatic heterocycles. The number of benzene rings is 1. The van der Waals surface area contributed by atoms with Crippen LogP contribution in [0.15, 0.2) is 61.2 Å². The minimum absolute atomic E-state index is 0.000763. The lowest BCUT2D eigenvalue weighted by Gasteiger charge is -2.47. The Labute approximate surface area is 239 Å². The van der Waals surface area contributed by atoms with Crippen LogP contribution in [0, 0.1) is 11.8 Å². The van der Waals surface area contributed by atoms with Gasteiger partial charge in [0.15, 0.2) is 0 Å². The number of amides is 1. The van der Waals surface area contributed by atoms with Crippen molar-refractivity contribution in [1.29, 1.82) is 0 Å². The van der Waals surface area contributed by atoms with Gasteiger partial charge in [-0.25, -0.2) is 14.6 Å². The van der Waals surface area contributed by atoms with Gasteiger partial charge in [-0.05, 0) is 42.4 Å².